The zero-order chi connectivity index (χ0) is 24.1. The number of carbonyl (C=O) groups excluding carboxylic acids is 2. The van der Waals surface area contributed by atoms with Crippen LogP contribution in [0, 0.1) is 6.92 Å². The monoisotopic (exact) mass is 479 g/mol. The zero-order valence-electron chi connectivity index (χ0n) is 18.6. The molecule has 0 aliphatic heterocycles. The Morgan fingerprint density at radius 2 is 1.71 bits per heavy atom. The van der Waals surface area contributed by atoms with Gasteiger partial charge >= 0.3 is 11.8 Å². The molecule has 0 spiro atoms. The van der Waals surface area contributed by atoms with Gasteiger partial charge < -0.3 is 20.0 Å². The van der Waals surface area contributed by atoms with Gasteiger partial charge in [0.2, 0.25) is 0 Å². The molecular formula is C25H25N3O5S. The molecule has 8 nitrogen and oxygen atoms in total. The number of fused-ring (bicyclic) bond motifs is 1. The van der Waals surface area contributed by atoms with Crippen molar-refractivity contribution in [2.75, 3.05) is 13.1 Å². The highest BCUT2D eigenvalue weighted by atomic mass is 32.2. The van der Waals surface area contributed by atoms with Crippen LogP contribution in [0.25, 0.3) is 10.9 Å². The van der Waals surface area contributed by atoms with E-state index in [0.717, 1.165) is 22.0 Å². The second kappa shape index (κ2) is 9.96. The Morgan fingerprint density at radius 3 is 2.44 bits per heavy atom. The van der Waals surface area contributed by atoms with Gasteiger partial charge in [-0.1, -0.05) is 35.9 Å². The van der Waals surface area contributed by atoms with Gasteiger partial charge in [-0.25, -0.2) is 8.42 Å². The lowest BCUT2D eigenvalue weighted by molar-refractivity contribution is -0.139. The Kier molecular flexibility index (Phi) is 6.83. The summed E-state index contributed by atoms with van der Waals surface area (Å²) in [6.45, 7) is 1.81. The van der Waals surface area contributed by atoms with Gasteiger partial charge in [0.15, 0.2) is 9.84 Å². The van der Waals surface area contributed by atoms with Crippen molar-refractivity contribution < 1.29 is 22.4 Å². The molecule has 0 saturated heterocycles. The predicted octanol–water partition coefficient (Wildman–Crippen LogP) is 3.06. The van der Waals surface area contributed by atoms with Crippen molar-refractivity contribution in [2.45, 2.75) is 23.5 Å². The smallest absolute Gasteiger partial charge is 0.309 e. The van der Waals surface area contributed by atoms with Gasteiger partial charge in [0.25, 0.3) is 0 Å². The number of nitrogens with one attached hydrogen (secondary N) is 3. The highest BCUT2D eigenvalue weighted by molar-refractivity contribution is 7.91. The van der Waals surface area contributed by atoms with Crippen molar-refractivity contribution in [1.82, 2.24) is 15.6 Å². The van der Waals surface area contributed by atoms with Crippen LogP contribution in [-0.2, 0) is 25.8 Å². The molecule has 3 N–H and O–H groups in total. The van der Waals surface area contributed by atoms with E-state index in [1.807, 2.05) is 37.4 Å². The van der Waals surface area contributed by atoms with Crippen molar-refractivity contribution in [3.8, 4) is 0 Å². The van der Waals surface area contributed by atoms with Crippen molar-refractivity contribution in [3.63, 3.8) is 0 Å². The maximum absolute atomic E-state index is 13.2. The average molecular weight is 480 g/mol. The standard InChI is InChI=1S/C25H25N3O5S/c1-17-8-10-19(11-9-17)34(31,32)23(22-7-4-14-33-22)16-28-25(30)24(29)26-13-12-18-15-27-21-6-3-2-5-20(18)21/h2-11,14-15,23,27H,12-13,16H2,1H3,(H,26,29)(H,28,30)/t23-/m0/s1. The first-order valence-electron chi connectivity index (χ1n) is 10.8. The van der Waals surface area contributed by atoms with Crippen LogP contribution in [0.15, 0.2) is 82.4 Å². The molecular weight excluding hydrogens is 454 g/mol. The van der Waals surface area contributed by atoms with E-state index < -0.39 is 26.9 Å². The third kappa shape index (κ3) is 5.04. The van der Waals surface area contributed by atoms with Crippen molar-refractivity contribution in [2.24, 2.45) is 0 Å². The minimum Gasteiger partial charge on any atom is -0.468 e. The Hall–Kier alpha value is -3.85. The van der Waals surface area contributed by atoms with Gasteiger partial charge in [-0.05, 0) is 49.2 Å². The number of aryl methyl sites for hydroxylation is 1. The zero-order valence-corrected chi connectivity index (χ0v) is 19.4. The molecule has 0 saturated carbocycles. The van der Waals surface area contributed by atoms with Gasteiger partial charge in [-0.2, -0.15) is 0 Å². The summed E-state index contributed by atoms with van der Waals surface area (Å²) in [4.78, 5) is 27.9. The molecule has 0 bridgehead atoms. The number of rotatable bonds is 8. The molecule has 2 amide bonds. The topological polar surface area (TPSA) is 121 Å². The van der Waals surface area contributed by atoms with Crippen LogP contribution in [-0.4, -0.2) is 38.3 Å². The lowest BCUT2D eigenvalue weighted by Crippen LogP contribution is -2.42. The largest absolute Gasteiger partial charge is 0.468 e. The van der Waals surface area contributed by atoms with Gasteiger partial charge in [0.1, 0.15) is 11.0 Å². The van der Waals surface area contributed by atoms with Crippen molar-refractivity contribution >= 4 is 32.6 Å². The number of sulfone groups is 1. The molecule has 0 radical (unpaired) electrons. The normalized spacial score (nSPS) is 12.4. The van der Waals surface area contributed by atoms with Crippen LogP contribution in [0.3, 0.4) is 0 Å². The molecule has 4 aromatic rings. The van der Waals surface area contributed by atoms with E-state index in [1.165, 1.54) is 24.5 Å². The Labute approximate surface area is 197 Å². The number of aromatic amines is 1. The Morgan fingerprint density at radius 1 is 0.971 bits per heavy atom. The first-order valence-corrected chi connectivity index (χ1v) is 12.4. The maximum Gasteiger partial charge on any atom is 0.309 e. The molecule has 1 atom stereocenters. The number of aromatic nitrogens is 1. The summed E-state index contributed by atoms with van der Waals surface area (Å²) in [6.07, 6.45) is 3.78. The summed E-state index contributed by atoms with van der Waals surface area (Å²) < 4.78 is 31.8. The van der Waals surface area contributed by atoms with Crippen LogP contribution in [0.2, 0.25) is 0 Å². The van der Waals surface area contributed by atoms with Gasteiger partial charge in [-0.3, -0.25) is 9.59 Å². The summed E-state index contributed by atoms with van der Waals surface area (Å²) in [5.74, 6) is -1.55. The fourth-order valence-corrected chi connectivity index (χ4v) is 5.31. The molecule has 34 heavy (non-hydrogen) atoms. The average Bonchev–Trinajstić information content (AvgIpc) is 3.50. The first-order chi connectivity index (χ1) is 16.4. The highest BCUT2D eigenvalue weighted by Gasteiger charge is 2.32. The second-order valence-corrected chi connectivity index (χ2v) is 10.1. The van der Waals surface area contributed by atoms with Gasteiger partial charge in [-0.15, -0.1) is 0 Å². The van der Waals surface area contributed by atoms with Crippen LogP contribution in [0.1, 0.15) is 22.1 Å². The Balaban J connectivity index is 1.37. The van der Waals surface area contributed by atoms with E-state index in [4.69, 9.17) is 4.42 Å². The number of benzene rings is 2. The van der Waals surface area contributed by atoms with E-state index >= 15 is 0 Å². The molecule has 0 unspecified atom stereocenters. The number of furan rings is 1. The van der Waals surface area contributed by atoms with E-state index in [-0.39, 0.29) is 23.7 Å². The minimum atomic E-state index is -3.87. The summed E-state index contributed by atoms with van der Waals surface area (Å²) in [6, 6.07) is 17.4. The number of hydrogen-bond acceptors (Lipinski definition) is 5. The number of carbonyl (C=O) groups is 2. The second-order valence-electron chi connectivity index (χ2n) is 7.94. The highest BCUT2D eigenvalue weighted by Crippen LogP contribution is 2.29. The number of hydrogen-bond donors (Lipinski definition) is 3. The third-order valence-electron chi connectivity index (χ3n) is 5.59. The van der Waals surface area contributed by atoms with Crippen LogP contribution in [0.5, 0.6) is 0 Å². The van der Waals surface area contributed by atoms with E-state index in [1.54, 1.807) is 18.2 Å². The summed E-state index contributed by atoms with van der Waals surface area (Å²) in [7, 11) is -3.87. The molecule has 0 fully saturated rings. The first kappa shape index (κ1) is 23.3. The van der Waals surface area contributed by atoms with Crippen molar-refractivity contribution in [1.29, 1.82) is 0 Å². The quantitative estimate of drug-likeness (QED) is 0.336. The number of amides is 2. The molecule has 0 aliphatic carbocycles. The molecule has 2 aromatic heterocycles. The molecule has 4 rings (SSSR count). The summed E-state index contributed by atoms with van der Waals surface area (Å²) in [5.41, 5.74) is 2.95. The molecule has 9 heteroatoms. The lowest BCUT2D eigenvalue weighted by atomic mass is 10.1. The Bertz CT molecular complexity index is 1390. The summed E-state index contributed by atoms with van der Waals surface area (Å²) in [5, 5.41) is 4.90. The van der Waals surface area contributed by atoms with Crippen LogP contribution < -0.4 is 10.6 Å². The maximum atomic E-state index is 13.2. The molecule has 176 valence electrons. The third-order valence-corrected chi connectivity index (χ3v) is 7.67. The fourth-order valence-electron chi connectivity index (χ4n) is 3.73. The lowest BCUT2D eigenvalue weighted by Gasteiger charge is -2.16. The minimum absolute atomic E-state index is 0.108. The van der Waals surface area contributed by atoms with Crippen LogP contribution in [0.4, 0.5) is 0 Å². The van der Waals surface area contributed by atoms with E-state index in [2.05, 4.69) is 15.6 Å². The molecule has 2 aromatic carbocycles. The summed E-state index contributed by atoms with van der Waals surface area (Å²) >= 11 is 0. The molecule has 0 aliphatic rings. The van der Waals surface area contributed by atoms with Crippen molar-refractivity contribution in [3.05, 3.63) is 90.0 Å². The van der Waals surface area contributed by atoms with Gasteiger partial charge in [0.05, 0.1) is 11.2 Å². The van der Waals surface area contributed by atoms with E-state index in [0.29, 0.717) is 6.42 Å². The number of para-hydroxylation sites is 1. The molecule has 2 heterocycles. The number of H-pyrrole nitrogens is 1. The van der Waals surface area contributed by atoms with E-state index in [9.17, 15) is 18.0 Å². The SMILES string of the molecule is Cc1ccc(S(=O)(=O)[C@@H](CNC(=O)C(=O)NCCc2c[nH]c3ccccc23)c2ccco2)cc1. The predicted molar refractivity (Wildman–Crippen MR) is 128 cm³/mol. The fraction of sp³-hybridized carbons (Fsp3) is 0.200. The van der Waals surface area contributed by atoms with Crippen LogP contribution >= 0.6 is 0 Å². The van der Waals surface area contributed by atoms with Gasteiger partial charge in [0, 0.05) is 30.2 Å².